The van der Waals surface area contributed by atoms with E-state index >= 15 is 0 Å². The first-order valence-electron chi connectivity index (χ1n) is 10.6. The Kier molecular flexibility index (Phi) is 5.79. The number of halogens is 1. The van der Waals surface area contributed by atoms with Gasteiger partial charge in [-0.1, -0.05) is 23.7 Å². The fourth-order valence-corrected chi connectivity index (χ4v) is 7.19. The second-order valence-electron chi connectivity index (χ2n) is 8.21. The molecule has 0 bridgehead atoms. The molecule has 0 saturated heterocycles. The minimum atomic E-state index is -3.75. The number of anilines is 2. The molecule has 3 aromatic rings. The first-order chi connectivity index (χ1) is 16.2. The van der Waals surface area contributed by atoms with Gasteiger partial charge >= 0.3 is 0 Å². The fourth-order valence-electron chi connectivity index (χ4n) is 4.38. The van der Waals surface area contributed by atoms with Crippen LogP contribution in [0.25, 0.3) is 0 Å². The molecule has 0 unspecified atom stereocenters. The molecule has 3 heterocycles. The number of hydrogen-bond donors (Lipinski definition) is 1. The number of hydrogen-bond acceptors (Lipinski definition) is 7. The first kappa shape index (κ1) is 22.8. The molecule has 7 nitrogen and oxygen atoms in total. The van der Waals surface area contributed by atoms with E-state index in [1.807, 2.05) is 6.07 Å². The lowest BCUT2D eigenvalue weighted by molar-refractivity contribution is -0.118. The third-order valence-corrected chi connectivity index (χ3v) is 9.42. The van der Waals surface area contributed by atoms with E-state index < -0.39 is 21.4 Å². The Morgan fingerprint density at radius 1 is 1.03 bits per heavy atom. The molecule has 2 aromatic carbocycles. The van der Waals surface area contributed by atoms with Gasteiger partial charge in [0.1, 0.15) is 9.96 Å². The van der Waals surface area contributed by atoms with Crippen LogP contribution in [-0.2, 0) is 38.7 Å². The molecule has 2 amide bonds. The van der Waals surface area contributed by atoms with Gasteiger partial charge in [-0.2, -0.15) is 0 Å². The zero-order chi connectivity index (χ0) is 24.0. The molecular formula is C24H19ClN2O5S2. The average Bonchev–Trinajstić information content (AvgIpc) is 3.44. The molecule has 5 rings (SSSR count). The second-order valence-corrected chi connectivity index (χ2v) is 12.1. The van der Waals surface area contributed by atoms with Crippen LogP contribution < -0.4 is 10.2 Å². The number of imide groups is 1. The van der Waals surface area contributed by atoms with Crippen molar-refractivity contribution in [2.24, 2.45) is 0 Å². The van der Waals surface area contributed by atoms with Crippen LogP contribution in [0.5, 0.6) is 0 Å². The summed E-state index contributed by atoms with van der Waals surface area (Å²) in [5.74, 6) is -1.75. The van der Waals surface area contributed by atoms with Gasteiger partial charge in [-0.05, 0) is 59.5 Å². The maximum atomic E-state index is 13.1. The van der Waals surface area contributed by atoms with Gasteiger partial charge < -0.3 is 5.32 Å². The number of benzene rings is 2. The van der Waals surface area contributed by atoms with Gasteiger partial charge in [0.25, 0.3) is 5.91 Å². The van der Waals surface area contributed by atoms with Crippen molar-refractivity contribution in [1.29, 1.82) is 0 Å². The normalized spacial score (nSPS) is 15.1. The predicted molar refractivity (Wildman–Crippen MR) is 131 cm³/mol. The van der Waals surface area contributed by atoms with E-state index in [4.69, 9.17) is 11.6 Å². The Morgan fingerprint density at radius 2 is 1.79 bits per heavy atom. The van der Waals surface area contributed by atoms with E-state index in [0.29, 0.717) is 21.2 Å². The smallest absolute Gasteiger partial charge is 0.265 e. The van der Waals surface area contributed by atoms with Crippen molar-refractivity contribution in [3.63, 3.8) is 0 Å². The molecule has 0 fully saturated rings. The van der Waals surface area contributed by atoms with E-state index in [0.717, 1.165) is 46.0 Å². The molecule has 1 aromatic heterocycles. The number of fused-ring (bicyclic) bond motifs is 3. The molecule has 2 aliphatic rings. The van der Waals surface area contributed by atoms with Gasteiger partial charge in [0, 0.05) is 24.2 Å². The number of rotatable bonds is 6. The van der Waals surface area contributed by atoms with Crippen molar-refractivity contribution in [3.05, 3.63) is 75.1 Å². The summed E-state index contributed by atoms with van der Waals surface area (Å²) in [5, 5.41) is 3.26. The van der Waals surface area contributed by atoms with E-state index in [1.54, 1.807) is 30.3 Å². The van der Waals surface area contributed by atoms with Gasteiger partial charge in [-0.15, -0.1) is 11.3 Å². The zero-order valence-corrected chi connectivity index (χ0v) is 20.2. The highest BCUT2D eigenvalue weighted by Gasteiger charge is 2.35. The highest BCUT2D eigenvalue weighted by Crippen LogP contribution is 2.34. The van der Waals surface area contributed by atoms with Crippen molar-refractivity contribution in [2.75, 3.05) is 22.5 Å². The van der Waals surface area contributed by atoms with Crippen LogP contribution in [0.15, 0.2) is 52.7 Å². The number of thiophene rings is 1. The number of ketones is 1. The number of nitrogens with one attached hydrogen (secondary N) is 1. The highest BCUT2D eigenvalue weighted by molar-refractivity contribution is 7.94. The van der Waals surface area contributed by atoms with Crippen LogP contribution in [0.4, 0.5) is 11.4 Å². The summed E-state index contributed by atoms with van der Waals surface area (Å²) in [6.07, 6.45) is 0.857. The Hall–Kier alpha value is -3.01. The summed E-state index contributed by atoms with van der Waals surface area (Å²) >= 11 is 6.71. The van der Waals surface area contributed by atoms with Crippen molar-refractivity contribution >= 4 is 61.7 Å². The SMILES string of the molecule is O=C(Cc1ccc(N2C(=O)Cc3c(ccc4c3CCN4)C2=O)cc1)CS(=O)(=O)c1ccc(Cl)s1. The van der Waals surface area contributed by atoms with Crippen LogP contribution >= 0.6 is 22.9 Å². The largest absolute Gasteiger partial charge is 0.384 e. The van der Waals surface area contributed by atoms with Crippen molar-refractivity contribution in [3.8, 4) is 0 Å². The predicted octanol–water partition coefficient (Wildman–Crippen LogP) is 3.68. The lowest BCUT2D eigenvalue weighted by Gasteiger charge is -2.28. The summed E-state index contributed by atoms with van der Waals surface area (Å²) in [4.78, 5) is 39.6. The van der Waals surface area contributed by atoms with Gasteiger partial charge in [0.15, 0.2) is 15.6 Å². The minimum absolute atomic E-state index is 0.0602. The van der Waals surface area contributed by atoms with Crippen LogP contribution in [0.2, 0.25) is 4.34 Å². The van der Waals surface area contributed by atoms with Gasteiger partial charge in [-0.25, -0.2) is 13.3 Å². The van der Waals surface area contributed by atoms with Crippen molar-refractivity contribution in [2.45, 2.75) is 23.5 Å². The van der Waals surface area contributed by atoms with E-state index in [2.05, 4.69) is 5.32 Å². The zero-order valence-electron chi connectivity index (χ0n) is 17.8. The number of carbonyl (C=O) groups excluding carboxylic acids is 3. The Balaban J connectivity index is 1.31. The maximum absolute atomic E-state index is 13.1. The molecule has 10 heteroatoms. The fraction of sp³-hybridized carbons (Fsp3) is 0.208. The Labute approximate surface area is 205 Å². The Morgan fingerprint density at radius 3 is 2.50 bits per heavy atom. The summed E-state index contributed by atoms with van der Waals surface area (Å²) in [7, 11) is -3.75. The summed E-state index contributed by atoms with van der Waals surface area (Å²) in [6.45, 7) is 0.792. The second kappa shape index (κ2) is 8.65. The van der Waals surface area contributed by atoms with Crippen LogP contribution in [-0.4, -0.2) is 38.3 Å². The number of nitrogens with zero attached hydrogens (tertiary/aromatic N) is 1. The van der Waals surface area contributed by atoms with Crippen LogP contribution in [0.1, 0.15) is 27.0 Å². The van der Waals surface area contributed by atoms with Gasteiger partial charge in [0.05, 0.1) is 16.4 Å². The highest BCUT2D eigenvalue weighted by atomic mass is 35.5. The number of sulfone groups is 1. The summed E-state index contributed by atoms with van der Waals surface area (Å²) in [6, 6.07) is 13.0. The number of amides is 2. The molecular weight excluding hydrogens is 496 g/mol. The lowest BCUT2D eigenvalue weighted by atomic mass is 9.91. The van der Waals surface area contributed by atoms with Crippen molar-refractivity contribution in [1.82, 2.24) is 0 Å². The molecule has 0 spiro atoms. The Bertz CT molecular complexity index is 1440. The van der Waals surface area contributed by atoms with E-state index in [1.165, 1.54) is 12.1 Å². The summed E-state index contributed by atoms with van der Waals surface area (Å²) in [5.41, 5.74) is 4.34. The van der Waals surface area contributed by atoms with Gasteiger partial charge in [-0.3, -0.25) is 14.4 Å². The first-order valence-corrected chi connectivity index (χ1v) is 13.4. The molecule has 34 heavy (non-hydrogen) atoms. The summed E-state index contributed by atoms with van der Waals surface area (Å²) < 4.78 is 25.2. The third kappa shape index (κ3) is 4.15. The van der Waals surface area contributed by atoms with E-state index in [9.17, 15) is 22.8 Å². The quantitative estimate of drug-likeness (QED) is 0.504. The lowest BCUT2D eigenvalue weighted by Crippen LogP contribution is -2.42. The van der Waals surface area contributed by atoms with E-state index in [-0.39, 0.29) is 28.9 Å². The molecule has 1 N–H and O–H groups in total. The number of Topliss-reactive ketones (excluding diaryl/α,β-unsaturated/α-hetero) is 1. The topological polar surface area (TPSA) is 101 Å². The molecule has 0 aliphatic carbocycles. The maximum Gasteiger partial charge on any atom is 0.265 e. The molecule has 174 valence electrons. The van der Waals surface area contributed by atoms with Crippen molar-refractivity contribution < 1.29 is 22.8 Å². The van der Waals surface area contributed by atoms with Crippen LogP contribution in [0.3, 0.4) is 0 Å². The number of carbonyl (C=O) groups is 3. The molecule has 2 aliphatic heterocycles. The minimum Gasteiger partial charge on any atom is -0.384 e. The standard InChI is InChI=1S/C24H19ClN2O5S2/c25-21-7-8-23(33-21)34(31,32)13-16(28)11-14-1-3-15(4-2-14)27-22(29)12-19-17-9-10-26-20(17)6-5-18(19)24(27)30/h1-8,26H,9-13H2. The van der Waals surface area contributed by atoms with Gasteiger partial charge in [0.2, 0.25) is 5.91 Å². The van der Waals surface area contributed by atoms with Crippen LogP contribution in [0, 0.1) is 0 Å². The molecule has 0 saturated carbocycles. The molecule has 0 atom stereocenters. The average molecular weight is 515 g/mol. The monoisotopic (exact) mass is 514 g/mol. The third-order valence-electron chi connectivity index (χ3n) is 5.93. The molecule has 0 radical (unpaired) electrons.